The summed E-state index contributed by atoms with van der Waals surface area (Å²) in [5.74, 6) is 1.98. The summed E-state index contributed by atoms with van der Waals surface area (Å²) in [6.45, 7) is 4.15. The van der Waals surface area contributed by atoms with E-state index in [1.807, 2.05) is 18.5 Å². The molecule has 1 saturated carbocycles. The van der Waals surface area contributed by atoms with Gasteiger partial charge in [0.15, 0.2) is 5.16 Å². The molecule has 1 aliphatic rings. The summed E-state index contributed by atoms with van der Waals surface area (Å²) in [7, 11) is 1.98. The number of thioether (sulfide) groups is 1. The van der Waals surface area contributed by atoms with Crippen LogP contribution in [0.2, 0.25) is 0 Å². The fourth-order valence-electron chi connectivity index (χ4n) is 2.69. The van der Waals surface area contributed by atoms with Crippen molar-refractivity contribution in [3.63, 3.8) is 0 Å². The maximum Gasteiger partial charge on any atom is 0.230 e. The van der Waals surface area contributed by atoms with E-state index < -0.39 is 0 Å². The zero-order chi connectivity index (χ0) is 17.1. The molecule has 0 aliphatic heterocycles. The average Bonchev–Trinajstić information content (AvgIpc) is 3.36. The summed E-state index contributed by atoms with van der Waals surface area (Å²) < 4.78 is 2.02. The zero-order valence-electron chi connectivity index (χ0n) is 14.5. The highest BCUT2D eigenvalue weighted by Crippen LogP contribution is 2.39. The number of nitrogens with one attached hydrogen (secondary N) is 1. The molecule has 1 atom stereocenters. The first-order chi connectivity index (χ1) is 11.6. The second kappa shape index (κ2) is 7.38. The number of rotatable bonds is 7. The van der Waals surface area contributed by atoms with Crippen LogP contribution >= 0.6 is 11.8 Å². The predicted octanol–water partition coefficient (Wildman–Crippen LogP) is 3.22. The smallest absolute Gasteiger partial charge is 0.230 e. The Hall–Kier alpha value is -1.82. The molecule has 0 spiro atoms. The van der Waals surface area contributed by atoms with Gasteiger partial charge in [0, 0.05) is 13.0 Å². The highest BCUT2D eigenvalue weighted by Gasteiger charge is 2.29. The second-order valence-corrected chi connectivity index (χ2v) is 7.29. The Balaban J connectivity index is 1.51. The summed E-state index contributed by atoms with van der Waals surface area (Å²) in [5, 5.41) is 12.3. The molecule has 3 rings (SSSR count). The number of carbonyl (C=O) groups excluding carboxylic acids is 1. The topological polar surface area (TPSA) is 59.8 Å². The van der Waals surface area contributed by atoms with Crippen LogP contribution in [0.25, 0.3) is 0 Å². The van der Waals surface area contributed by atoms with Crippen molar-refractivity contribution in [2.24, 2.45) is 7.05 Å². The molecule has 1 amide bonds. The van der Waals surface area contributed by atoms with Crippen molar-refractivity contribution in [2.45, 2.75) is 50.2 Å². The minimum Gasteiger partial charge on any atom is -0.349 e. The lowest BCUT2D eigenvalue weighted by molar-refractivity contribution is -0.119. The molecule has 2 aromatic rings. The van der Waals surface area contributed by atoms with Gasteiger partial charge in [-0.15, -0.1) is 10.2 Å². The van der Waals surface area contributed by atoms with E-state index in [1.54, 1.807) is 0 Å². The van der Waals surface area contributed by atoms with E-state index in [1.165, 1.54) is 30.2 Å². The molecular weight excluding hydrogens is 320 g/mol. The van der Waals surface area contributed by atoms with Gasteiger partial charge in [-0.3, -0.25) is 4.79 Å². The van der Waals surface area contributed by atoms with E-state index in [9.17, 15) is 4.79 Å². The maximum atomic E-state index is 12.2. The van der Waals surface area contributed by atoms with E-state index in [0.717, 1.165) is 23.0 Å². The standard InChI is InChI=1S/C18H24N4OS/c1-4-13-5-7-14(8-6-13)12(2)19-16(23)11-24-18-21-20-17(22(18)3)15-9-10-15/h5-8,12,15H,4,9-11H2,1-3H3,(H,19,23)/t12-/m0/s1. The third kappa shape index (κ3) is 3.98. The zero-order valence-corrected chi connectivity index (χ0v) is 15.3. The minimum absolute atomic E-state index is 0.00512. The van der Waals surface area contributed by atoms with Crippen LogP contribution in [0.5, 0.6) is 0 Å². The quantitative estimate of drug-likeness (QED) is 0.784. The molecule has 128 valence electrons. The molecule has 1 aromatic carbocycles. The Morgan fingerprint density at radius 3 is 2.67 bits per heavy atom. The van der Waals surface area contributed by atoms with Crippen LogP contribution in [0.1, 0.15) is 55.6 Å². The van der Waals surface area contributed by atoms with Crippen LogP contribution in [-0.4, -0.2) is 26.4 Å². The monoisotopic (exact) mass is 344 g/mol. The van der Waals surface area contributed by atoms with Crippen LogP contribution in [0.3, 0.4) is 0 Å². The number of carbonyl (C=O) groups is 1. The van der Waals surface area contributed by atoms with Crippen molar-refractivity contribution in [3.8, 4) is 0 Å². The van der Waals surface area contributed by atoms with E-state index >= 15 is 0 Å². The average molecular weight is 344 g/mol. The molecule has 1 fully saturated rings. The molecule has 0 bridgehead atoms. The number of hydrogen-bond donors (Lipinski definition) is 1. The van der Waals surface area contributed by atoms with E-state index in [-0.39, 0.29) is 11.9 Å². The van der Waals surface area contributed by atoms with Gasteiger partial charge in [-0.25, -0.2) is 0 Å². The Morgan fingerprint density at radius 2 is 2.04 bits per heavy atom. The van der Waals surface area contributed by atoms with Gasteiger partial charge in [0.2, 0.25) is 5.91 Å². The third-order valence-electron chi connectivity index (χ3n) is 4.41. The van der Waals surface area contributed by atoms with Crippen molar-refractivity contribution < 1.29 is 4.79 Å². The summed E-state index contributed by atoms with van der Waals surface area (Å²) in [4.78, 5) is 12.2. The van der Waals surface area contributed by atoms with Crippen molar-refractivity contribution >= 4 is 17.7 Å². The van der Waals surface area contributed by atoms with Gasteiger partial charge >= 0.3 is 0 Å². The van der Waals surface area contributed by atoms with E-state index in [0.29, 0.717) is 11.7 Å². The Bertz CT molecular complexity index is 706. The molecule has 0 unspecified atom stereocenters. The molecule has 24 heavy (non-hydrogen) atoms. The molecule has 1 aliphatic carbocycles. The molecule has 1 heterocycles. The van der Waals surface area contributed by atoms with Gasteiger partial charge < -0.3 is 9.88 Å². The van der Waals surface area contributed by atoms with Gasteiger partial charge in [0.05, 0.1) is 11.8 Å². The predicted molar refractivity (Wildman–Crippen MR) is 96.1 cm³/mol. The van der Waals surface area contributed by atoms with E-state index in [2.05, 4.69) is 46.7 Å². The highest BCUT2D eigenvalue weighted by atomic mass is 32.2. The highest BCUT2D eigenvalue weighted by molar-refractivity contribution is 7.99. The Kier molecular flexibility index (Phi) is 5.23. The first-order valence-corrected chi connectivity index (χ1v) is 9.47. The van der Waals surface area contributed by atoms with E-state index in [4.69, 9.17) is 0 Å². The fourth-order valence-corrected chi connectivity index (χ4v) is 3.42. The number of nitrogens with zero attached hydrogens (tertiary/aromatic N) is 3. The van der Waals surface area contributed by atoms with Gasteiger partial charge in [-0.05, 0) is 37.3 Å². The summed E-state index contributed by atoms with van der Waals surface area (Å²) >= 11 is 1.44. The molecule has 0 radical (unpaired) electrons. The summed E-state index contributed by atoms with van der Waals surface area (Å²) in [5.41, 5.74) is 2.43. The largest absolute Gasteiger partial charge is 0.349 e. The summed E-state index contributed by atoms with van der Waals surface area (Å²) in [6, 6.07) is 8.41. The summed E-state index contributed by atoms with van der Waals surface area (Å²) in [6.07, 6.45) is 3.43. The number of aryl methyl sites for hydroxylation is 1. The number of aromatic nitrogens is 3. The minimum atomic E-state index is 0.00512. The number of amides is 1. The fraction of sp³-hybridized carbons (Fsp3) is 0.500. The molecular formula is C18H24N4OS. The second-order valence-electron chi connectivity index (χ2n) is 6.35. The van der Waals surface area contributed by atoms with Crippen LogP contribution in [0.4, 0.5) is 0 Å². The number of benzene rings is 1. The maximum absolute atomic E-state index is 12.2. The molecule has 0 saturated heterocycles. The van der Waals surface area contributed by atoms with Crippen LogP contribution in [0, 0.1) is 0 Å². The molecule has 6 heteroatoms. The van der Waals surface area contributed by atoms with Gasteiger partial charge in [0.25, 0.3) is 0 Å². The molecule has 1 N–H and O–H groups in total. The third-order valence-corrected chi connectivity index (χ3v) is 5.43. The Labute approximate surface area is 147 Å². The first kappa shape index (κ1) is 17.0. The van der Waals surface area contributed by atoms with Gasteiger partial charge in [0.1, 0.15) is 5.82 Å². The first-order valence-electron chi connectivity index (χ1n) is 8.48. The van der Waals surface area contributed by atoms with Gasteiger partial charge in [-0.2, -0.15) is 0 Å². The van der Waals surface area contributed by atoms with Crippen molar-refractivity contribution in [1.82, 2.24) is 20.1 Å². The molecule has 5 nitrogen and oxygen atoms in total. The van der Waals surface area contributed by atoms with Crippen molar-refractivity contribution in [1.29, 1.82) is 0 Å². The molecule has 1 aromatic heterocycles. The number of hydrogen-bond acceptors (Lipinski definition) is 4. The normalized spacial score (nSPS) is 15.3. The van der Waals surface area contributed by atoms with Crippen LogP contribution in [0.15, 0.2) is 29.4 Å². The Morgan fingerprint density at radius 1 is 1.33 bits per heavy atom. The van der Waals surface area contributed by atoms with Crippen molar-refractivity contribution in [2.75, 3.05) is 5.75 Å². The van der Waals surface area contributed by atoms with Crippen LogP contribution < -0.4 is 5.32 Å². The lowest BCUT2D eigenvalue weighted by Crippen LogP contribution is -2.28. The van der Waals surface area contributed by atoms with Gasteiger partial charge in [-0.1, -0.05) is 43.0 Å². The van der Waals surface area contributed by atoms with Crippen LogP contribution in [-0.2, 0) is 18.3 Å². The SMILES string of the molecule is CCc1ccc([C@H](C)NC(=O)CSc2nnc(C3CC3)n2C)cc1. The lowest BCUT2D eigenvalue weighted by Gasteiger charge is -2.14. The lowest BCUT2D eigenvalue weighted by atomic mass is 10.1. The van der Waals surface area contributed by atoms with Crippen molar-refractivity contribution in [3.05, 3.63) is 41.2 Å².